The minimum Gasteiger partial charge on any atom is -0.423 e. The van der Waals surface area contributed by atoms with Gasteiger partial charge >= 0.3 is 5.97 Å². The van der Waals surface area contributed by atoms with Crippen molar-refractivity contribution in [2.24, 2.45) is 0 Å². The minimum atomic E-state index is -0.380. The number of benzene rings is 3. The maximum absolute atomic E-state index is 12.5. The predicted octanol–water partition coefficient (Wildman–Crippen LogP) is 5.72. The number of esters is 1. The molecule has 0 radical (unpaired) electrons. The number of aryl methyl sites for hydroxylation is 2. The van der Waals surface area contributed by atoms with Gasteiger partial charge in [0.05, 0.1) is 11.3 Å². The fraction of sp³-hybridized carbons (Fsp3) is 0.0800. The second kappa shape index (κ2) is 8.57. The van der Waals surface area contributed by atoms with Crippen LogP contribution in [0.25, 0.3) is 11.3 Å². The van der Waals surface area contributed by atoms with Crippen molar-refractivity contribution < 1.29 is 9.53 Å². The van der Waals surface area contributed by atoms with Crippen molar-refractivity contribution in [3.63, 3.8) is 0 Å². The van der Waals surface area contributed by atoms with E-state index in [2.05, 4.69) is 15.3 Å². The Kier molecular flexibility index (Phi) is 5.52. The smallest absolute Gasteiger partial charge is 0.343 e. The highest BCUT2D eigenvalue weighted by atomic mass is 16.5. The molecule has 1 aromatic heterocycles. The summed E-state index contributed by atoms with van der Waals surface area (Å²) in [5.41, 5.74) is 4.05. The standard InChI is InChI=1S/C25H21N3O2/c1-17-9-6-7-14-22(17)25(29)30-21-13-8-12-20(15-21)28-24-16-23(26-18(2)27-24)19-10-4-3-5-11-19/h3-16H,1-2H3,(H,26,27,28). The molecular formula is C25H21N3O2. The number of anilines is 2. The van der Waals surface area contributed by atoms with Crippen LogP contribution in [0.1, 0.15) is 21.7 Å². The molecular weight excluding hydrogens is 374 g/mol. The lowest BCUT2D eigenvalue weighted by Gasteiger charge is -2.11. The number of rotatable bonds is 5. The first-order chi connectivity index (χ1) is 14.6. The molecule has 30 heavy (non-hydrogen) atoms. The average Bonchev–Trinajstić information content (AvgIpc) is 2.74. The molecule has 0 bridgehead atoms. The molecule has 0 spiro atoms. The number of carbonyl (C=O) groups is 1. The first-order valence-corrected chi connectivity index (χ1v) is 9.64. The van der Waals surface area contributed by atoms with Crippen LogP contribution in [0.4, 0.5) is 11.5 Å². The van der Waals surface area contributed by atoms with Gasteiger partial charge in [0.15, 0.2) is 0 Å². The summed E-state index contributed by atoms with van der Waals surface area (Å²) in [4.78, 5) is 21.5. The Balaban J connectivity index is 1.54. The van der Waals surface area contributed by atoms with Crippen LogP contribution >= 0.6 is 0 Å². The lowest BCUT2D eigenvalue weighted by atomic mass is 10.1. The molecule has 0 aliphatic carbocycles. The van der Waals surface area contributed by atoms with E-state index >= 15 is 0 Å². The summed E-state index contributed by atoms with van der Waals surface area (Å²) < 4.78 is 5.56. The lowest BCUT2D eigenvalue weighted by Crippen LogP contribution is -2.10. The Bertz CT molecular complexity index is 1190. The predicted molar refractivity (Wildman–Crippen MR) is 118 cm³/mol. The summed E-state index contributed by atoms with van der Waals surface area (Å²) >= 11 is 0. The molecule has 0 atom stereocenters. The fourth-order valence-electron chi connectivity index (χ4n) is 3.14. The highest BCUT2D eigenvalue weighted by Gasteiger charge is 2.11. The Morgan fingerprint density at radius 2 is 1.60 bits per heavy atom. The van der Waals surface area contributed by atoms with Crippen LogP contribution in [-0.4, -0.2) is 15.9 Å². The van der Waals surface area contributed by atoms with Crippen molar-refractivity contribution in [1.82, 2.24) is 9.97 Å². The van der Waals surface area contributed by atoms with Crippen molar-refractivity contribution in [3.05, 3.63) is 102 Å². The van der Waals surface area contributed by atoms with Crippen LogP contribution < -0.4 is 10.1 Å². The summed E-state index contributed by atoms with van der Waals surface area (Å²) in [6.45, 7) is 3.74. The number of carbonyl (C=O) groups excluding carboxylic acids is 1. The normalized spacial score (nSPS) is 10.5. The second-order valence-corrected chi connectivity index (χ2v) is 6.91. The number of hydrogen-bond acceptors (Lipinski definition) is 5. The third-order valence-electron chi connectivity index (χ3n) is 4.59. The van der Waals surface area contributed by atoms with Gasteiger partial charge in [-0.05, 0) is 37.6 Å². The number of nitrogens with zero attached hydrogens (tertiary/aromatic N) is 2. The largest absolute Gasteiger partial charge is 0.423 e. The van der Waals surface area contributed by atoms with Crippen LogP contribution in [0.5, 0.6) is 5.75 Å². The van der Waals surface area contributed by atoms with Crippen LogP contribution in [0.15, 0.2) is 84.9 Å². The van der Waals surface area contributed by atoms with E-state index in [4.69, 9.17) is 4.74 Å². The summed E-state index contributed by atoms with van der Waals surface area (Å²) in [5, 5.41) is 3.28. The molecule has 0 saturated heterocycles. The van der Waals surface area contributed by atoms with Gasteiger partial charge in [-0.1, -0.05) is 54.6 Å². The van der Waals surface area contributed by atoms with Crippen LogP contribution in [-0.2, 0) is 0 Å². The summed E-state index contributed by atoms with van der Waals surface area (Å²) in [6.07, 6.45) is 0. The molecule has 0 unspecified atom stereocenters. The quantitative estimate of drug-likeness (QED) is 0.346. The highest BCUT2D eigenvalue weighted by Crippen LogP contribution is 2.25. The first-order valence-electron chi connectivity index (χ1n) is 9.64. The molecule has 0 aliphatic heterocycles. The highest BCUT2D eigenvalue weighted by molar-refractivity contribution is 5.92. The molecule has 4 rings (SSSR count). The molecule has 1 heterocycles. The van der Waals surface area contributed by atoms with Gasteiger partial charge in [-0.3, -0.25) is 0 Å². The molecule has 0 saturated carbocycles. The van der Waals surface area contributed by atoms with E-state index < -0.39 is 0 Å². The second-order valence-electron chi connectivity index (χ2n) is 6.91. The van der Waals surface area contributed by atoms with Crippen molar-refractivity contribution in [3.8, 4) is 17.0 Å². The van der Waals surface area contributed by atoms with E-state index in [1.54, 1.807) is 18.2 Å². The number of hydrogen-bond donors (Lipinski definition) is 1. The third kappa shape index (κ3) is 4.52. The van der Waals surface area contributed by atoms with Crippen LogP contribution in [0.2, 0.25) is 0 Å². The summed E-state index contributed by atoms with van der Waals surface area (Å²) in [6, 6.07) is 26.5. The molecule has 4 aromatic rings. The molecule has 0 amide bonds. The van der Waals surface area contributed by atoms with Gasteiger partial charge < -0.3 is 10.1 Å². The molecule has 0 aliphatic rings. The van der Waals surface area contributed by atoms with E-state index in [1.807, 2.05) is 80.6 Å². The average molecular weight is 395 g/mol. The maximum atomic E-state index is 12.5. The number of nitrogens with one attached hydrogen (secondary N) is 1. The molecule has 3 aromatic carbocycles. The zero-order chi connectivity index (χ0) is 20.9. The minimum absolute atomic E-state index is 0.380. The summed E-state index contributed by atoms with van der Waals surface area (Å²) in [7, 11) is 0. The van der Waals surface area contributed by atoms with Gasteiger partial charge in [-0.15, -0.1) is 0 Å². The number of ether oxygens (including phenoxy) is 1. The van der Waals surface area contributed by atoms with Gasteiger partial charge in [0.25, 0.3) is 0 Å². The van der Waals surface area contributed by atoms with Crippen molar-refractivity contribution in [2.45, 2.75) is 13.8 Å². The SMILES string of the molecule is Cc1nc(Nc2cccc(OC(=O)c3ccccc3C)c2)cc(-c2ccccc2)n1. The topological polar surface area (TPSA) is 64.1 Å². The van der Waals surface area contributed by atoms with Gasteiger partial charge in [-0.2, -0.15) is 0 Å². The van der Waals surface area contributed by atoms with Crippen molar-refractivity contribution in [1.29, 1.82) is 0 Å². The Morgan fingerprint density at radius 1 is 0.833 bits per heavy atom. The van der Waals surface area contributed by atoms with Crippen LogP contribution in [0, 0.1) is 13.8 Å². The maximum Gasteiger partial charge on any atom is 0.343 e. The van der Waals surface area contributed by atoms with E-state index in [0.717, 1.165) is 22.5 Å². The molecule has 0 fully saturated rings. The molecule has 1 N–H and O–H groups in total. The first kappa shape index (κ1) is 19.3. The van der Waals surface area contributed by atoms with Crippen LogP contribution in [0.3, 0.4) is 0 Å². The van der Waals surface area contributed by atoms with Gasteiger partial charge in [0, 0.05) is 23.4 Å². The molecule has 148 valence electrons. The van der Waals surface area contributed by atoms with Crippen molar-refractivity contribution >= 4 is 17.5 Å². The molecule has 5 nitrogen and oxygen atoms in total. The van der Waals surface area contributed by atoms with Gasteiger partial charge in [0.1, 0.15) is 17.4 Å². The number of aromatic nitrogens is 2. The fourth-order valence-corrected chi connectivity index (χ4v) is 3.14. The zero-order valence-corrected chi connectivity index (χ0v) is 16.8. The Morgan fingerprint density at radius 3 is 2.40 bits per heavy atom. The zero-order valence-electron chi connectivity index (χ0n) is 16.8. The van der Waals surface area contributed by atoms with Gasteiger partial charge in [0.2, 0.25) is 0 Å². The van der Waals surface area contributed by atoms with E-state index in [0.29, 0.717) is 23.0 Å². The van der Waals surface area contributed by atoms with E-state index in [1.165, 1.54) is 0 Å². The van der Waals surface area contributed by atoms with E-state index in [9.17, 15) is 4.79 Å². The molecule has 5 heteroatoms. The third-order valence-corrected chi connectivity index (χ3v) is 4.59. The van der Waals surface area contributed by atoms with E-state index in [-0.39, 0.29) is 5.97 Å². The Labute approximate surface area is 175 Å². The monoisotopic (exact) mass is 395 g/mol. The van der Waals surface area contributed by atoms with Gasteiger partial charge in [-0.25, -0.2) is 14.8 Å². The lowest BCUT2D eigenvalue weighted by molar-refractivity contribution is 0.0734. The van der Waals surface area contributed by atoms with Crippen molar-refractivity contribution in [2.75, 3.05) is 5.32 Å². The Hall–Kier alpha value is -3.99. The summed E-state index contributed by atoms with van der Waals surface area (Å²) in [5.74, 6) is 1.42.